The van der Waals surface area contributed by atoms with Gasteiger partial charge in [0.05, 0.1) is 13.5 Å². The summed E-state index contributed by atoms with van der Waals surface area (Å²) < 4.78 is 5.20. The molecule has 0 radical (unpaired) electrons. The number of benzene rings is 1. The fourth-order valence-electron chi connectivity index (χ4n) is 3.68. The van der Waals surface area contributed by atoms with Crippen molar-refractivity contribution < 1.29 is 9.53 Å². The van der Waals surface area contributed by atoms with Crippen LogP contribution in [0.15, 0.2) is 24.3 Å². The Hall–Kier alpha value is -1.55. The van der Waals surface area contributed by atoms with Gasteiger partial charge in [-0.1, -0.05) is 12.1 Å². The number of carbonyl (C=O) groups is 1. The first kappa shape index (κ1) is 14.4. The zero-order chi connectivity index (χ0) is 14.7. The van der Waals surface area contributed by atoms with Crippen molar-refractivity contribution in [2.75, 3.05) is 20.2 Å². The van der Waals surface area contributed by atoms with E-state index < -0.39 is 0 Å². The van der Waals surface area contributed by atoms with Gasteiger partial charge >= 0.3 is 0 Å². The van der Waals surface area contributed by atoms with Crippen LogP contribution in [0.1, 0.15) is 24.8 Å². The average Bonchev–Trinajstić information content (AvgIpc) is 2.95. The van der Waals surface area contributed by atoms with E-state index in [2.05, 4.69) is 10.6 Å². The fraction of sp³-hybridized carbons (Fsp3) is 0.588. The Balaban J connectivity index is 1.51. The minimum Gasteiger partial charge on any atom is -0.497 e. The van der Waals surface area contributed by atoms with Gasteiger partial charge in [-0.15, -0.1) is 0 Å². The molecule has 1 aliphatic carbocycles. The molecule has 4 heteroatoms. The van der Waals surface area contributed by atoms with Crippen LogP contribution in [0.3, 0.4) is 0 Å². The summed E-state index contributed by atoms with van der Waals surface area (Å²) in [5.74, 6) is 2.51. The Kier molecular flexibility index (Phi) is 4.44. The van der Waals surface area contributed by atoms with E-state index in [1.165, 1.54) is 6.42 Å². The minimum atomic E-state index is 0.123. The molecule has 1 amide bonds. The molecule has 0 aromatic heterocycles. The van der Waals surface area contributed by atoms with E-state index in [4.69, 9.17) is 4.74 Å². The van der Waals surface area contributed by atoms with Crippen LogP contribution in [-0.4, -0.2) is 32.1 Å². The SMILES string of the molecule is COc1cccc(CC(=O)NC2CC[C@H]3CNC[C@H]3C2)c1. The van der Waals surface area contributed by atoms with Gasteiger partial charge in [0.25, 0.3) is 0 Å². The highest BCUT2D eigenvalue weighted by Crippen LogP contribution is 2.32. The highest BCUT2D eigenvalue weighted by Gasteiger charge is 2.34. The van der Waals surface area contributed by atoms with Gasteiger partial charge in [0.2, 0.25) is 5.91 Å². The van der Waals surface area contributed by atoms with Crippen molar-refractivity contribution in [2.24, 2.45) is 11.8 Å². The Bertz CT molecular complexity index is 503. The molecule has 21 heavy (non-hydrogen) atoms. The summed E-state index contributed by atoms with van der Waals surface area (Å²) in [5, 5.41) is 6.67. The molecule has 1 heterocycles. The molecular weight excluding hydrogens is 264 g/mol. The van der Waals surface area contributed by atoms with Crippen molar-refractivity contribution in [1.29, 1.82) is 0 Å². The lowest BCUT2D eigenvalue weighted by Gasteiger charge is -2.31. The van der Waals surface area contributed by atoms with Crippen LogP contribution >= 0.6 is 0 Å². The van der Waals surface area contributed by atoms with Crippen molar-refractivity contribution in [3.8, 4) is 5.75 Å². The molecule has 114 valence electrons. The molecular formula is C17H24N2O2. The monoisotopic (exact) mass is 288 g/mol. The van der Waals surface area contributed by atoms with E-state index >= 15 is 0 Å². The average molecular weight is 288 g/mol. The third-order valence-electron chi connectivity index (χ3n) is 4.82. The Morgan fingerprint density at radius 1 is 1.33 bits per heavy atom. The zero-order valence-corrected chi connectivity index (χ0v) is 12.6. The van der Waals surface area contributed by atoms with E-state index in [1.807, 2.05) is 24.3 Å². The fourth-order valence-corrected chi connectivity index (χ4v) is 3.68. The van der Waals surface area contributed by atoms with Crippen LogP contribution in [-0.2, 0) is 11.2 Å². The molecule has 2 N–H and O–H groups in total. The highest BCUT2D eigenvalue weighted by molar-refractivity contribution is 5.79. The summed E-state index contributed by atoms with van der Waals surface area (Å²) in [6.45, 7) is 2.28. The molecule has 1 aliphatic heterocycles. The Morgan fingerprint density at radius 3 is 3.05 bits per heavy atom. The second-order valence-electron chi connectivity index (χ2n) is 6.28. The number of ether oxygens (including phenoxy) is 1. The predicted octanol–water partition coefficient (Wildman–Crippen LogP) is 1.74. The molecule has 1 aromatic carbocycles. The number of methoxy groups -OCH3 is 1. The normalized spacial score (nSPS) is 28.0. The zero-order valence-electron chi connectivity index (χ0n) is 12.6. The lowest BCUT2D eigenvalue weighted by atomic mass is 9.79. The van der Waals surface area contributed by atoms with Crippen molar-refractivity contribution in [3.63, 3.8) is 0 Å². The molecule has 3 rings (SSSR count). The van der Waals surface area contributed by atoms with Crippen LogP contribution in [0, 0.1) is 11.8 Å². The smallest absolute Gasteiger partial charge is 0.224 e. The molecule has 1 unspecified atom stereocenters. The molecule has 0 spiro atoms. The van der Waals surface area contributed by atoms with E-state index in [9.17, 15) is 4.79 Å². The van der Waals surface area contributed by atoms with Gasteiger partial charge in [-0.3, -0.25) is 4.79 Å². The van der Waals surface area contributed by atoms with E-state index in [-0.39, 0.29) is 5.91 Å². The summed E-state index contributed by atoms with van der Waals surface area (Å²) in [6.07, 6.45) is 3.91. The van der Waals surface area contributed by atoms with Gasteiger partial charge in [0.15, 0.2) is 0 Å². The standard InChI is InChI=1S/C17H24N2O2/c1-21-16-4-2-3-12(7-16)8-17(20)19-15-6-5-13-10-18-11-14(13)9-15/h2-4,7,13-15,18H,5-6,8-11H2,1H3,(H,19,20)/t13-,14+,15?/m0/s1. The van der Waals surface area contributed by atoms with Crippen LogP contribution in [0.2, 0.25) is 0 Å². The Morgan fingerprint density at radius 2 is 2.19 bits per heavy atom. The second kappa shape index (κ2) is 6.48. The van der Waals surface area contributed by atoms with Gasteiger partial charge in [-0.2, -0.15) is 0 Å². The number of hydrogen-bond acceptors (Lipinski definition) is 3. The van der Waals surface area contributed by atoms with Crippen LogP contribution in [0.4, 0.5) is 0 Å². The third kappa shape index (κ3) is 3.56. The summed E-state index contributed by atoms with van der Waals surface area (Å²) in [7, 11) is 1.65. The van der Waals surface area contributed by atoms with Crippen LogP contribution in [0.5, 0.6) is 5.75 Å². The largest absolute Gasteiger partial charge is 0.497 e. The van der Waals surface area contributed by atoms with E-state index in [1.54, 1.807) is 7.11 Å². The first-order valence-corrected chi connectivity index (χ1v) is 7.87. The van der Waals surface area contributed by atoms with E-state index in [0.29, 0.717) is 12.5 Å². The van der Waals surface area contributed by atoms with Crippen molar-refractivity contribution in [3.05, 3.63) is 29.8 Å². The Labute approximate surface area is 126 Å². The molecule has 1 saturated carbocycles. The van der Waals surface area contributed by atoms with Crippen LogP contribution in [0.25, 0.3) is 0 Å². The van der Waals surface area contributed by atoms with E-state index in [0.717, 1.165) is 49.1 Å². The molecule has 2 aliphatic rings. The lowest BCUT2D eigenvalue weighted by Crippen LogP contribution is -2.41. The first-order valence-electron chi connectivity index (χ1n) is 7.87. The summed E-state index contributed by atoms with van der Waals surface area (Å²) in [5.41, 5.74) is 1.00. The summed E-state index contributed by atoms with van der Waals surface area (Å²) >= 11 is 0. The molecule has 1 aromatic rings. The quantitative estimate of drug-likeness (QED) is 0.887. The van der Waals surface area contributed by atoms with Crippen molar-refractivity contribution in [2.45, 2.75) is 31.7 Å². The minimum absolute atomic E-state index is 0.123. The summed E-state index contributed by atoms with van der Waals surface area (Å²) in [4.78, 5) is 12.2. The predicted molar refractivity (Wildman–Crippen MR) is 82.3 cm³/mol. The van der Waals surface area contributed by atoms with Gasteiger partial charge in [-0.25, -0.2) is 0 Å². The summed E-state index contributed by atoms with van der Waals surface area (Å²) in [6, 6.07) is 8.08. The first-order chi connectivity index (χ1) is 10.2. The molecule has 4 nitrogen and oxygen atoms in total. The van der Waals surface area contributed by atoms with Gasteiger partial charge in [0, 0.05) is 6.04 Å². The molecule has 0 bridgehead atoms. The van der Waals surface area contributed by atoms with Gasteiger partial charge in [-0.05, 0) is 61.9 Å². The lowest BCUT2D eigenvalue weighted by molar-refractivity contribution is -0.121. The molecule has 2 fully saturated rings. The third-order valence-corrected chi connectivity index (χ3v) is 4.82. The van der Waals surface area contributed by atoms with Gasteiger partial charge in [0.1, 0.15) is 5.75 Å². The number of rotatable bonds is 4. The number of carbonyl (C=O) groups excluding carboxylic acids is 1. The van der Waals surface area contributed by atoms with Crippen LogP contribution < -0.4 is 15.4 Å². The number of hydrogen-bond donors (Lipinski definition) is 2. The maximum atomic E-state index is 12.2. The number of fused-ring (bicyclic) bond motifs is 1. The maximum absolute atomic E-state index is 12.2. The second-order valence-corrected chi connectivity index (χ2v) is 6.28. The number of amides is 1. The highest BCUT2D eigenvalue weighted by atomic mass is 16.5. The van der Waals surface area contributed by atoms with Crippen molar-refractivity contribution in [1.82, 2.24) is 10.6 Å². The topological polar surface area (TPSA) is 50.4 Å². The molecule has 1 saturated heterocycles. The van der Waals surface area contributed by atoms with Crippen molar-refractivity contribution >= 4 is 5.91 Å². The van der Waals surface area contributed by atoms with Gasteiger partial charge < -0.3 is 15.4 Å². The number of nitrogens with one attached hydrogen (secondary N) is 2. The molecule has 3 atom stereocenters. The maximum Gasteiger partial charge on any atom is 0.224 e.